The van der Waals surface area contributed by atoms with Crippen LogP contribution in [0.3, 0.4) is 0 Å². The lowest BCUT2D eigenvalue weighted by Crippen LogP contribution is -2.27. The highest BCUT2D eigenvalue weighted by molar-refractivity contribution is 7.80. The number of ether oxygens (including phenoxy) is 2. The van der Waals surface area contributed by atoms with E-state index in [0.717, 1.165) is 17.7 Å². The Balaban J connectivity index is 1.95. The number of halogens is 2. The highest BCUT2D eigenvalue weighted by Gasteiger charge is 2.07. The molecule has 0 aliphatic carbocycles. The SMILES string of the molecule is CCOc1cc(CNC(=S)Nc2ccc(F)c(F)c2)ccc1OC. The number of anilines is 1. The third kappa shape index (κ3) is 4.79. The average Bonchev–Trinajstić information content (AvgIpc) is 2.57. The van der Waals surface area contributed by atoms with Gasteiger partial charge in [0.2, 0.25) is 0 Å². The van der Waals surface area contributed by atoms with Gasteiger partial charge in [-0.25, -0.2) is 8.78 Å². The molecule has 2 aromatic carbocycles. The summed E-state index contributed by atoms with van der Waals surface area (Å²) in [5.41, 5.74) is 1.31. The zero-order valence-electron chi connectivity index (χ0n) is 13.4. The van der Waals surface area contributed by atoms with E-state index in [-0.39, 0.29) is 0 Å². The predicted octanol–water partition coefficient (Wildman–Crippen LogP) is 3.86. The van der Waals surface area contributed by atoms with Crippen molar-refractivity contribution in [2.24, 2.45) is 0 Å². The van der Waals surface area contributed by atoms with Gasteiger partial charge in [-0.2, -0.15) is 0 Å². The first kappa shape index (κ1) is 17.9. The molecule has 128 valence electrons. The number of thiocarbonyl (C=S) groups is 1. The summed E-state index contributed by atoms with van der Waals surface area (Å²) in [5.74, 6) is -0.526. The maximum absolute atomic E-state index is 13.2. The second kappa shape index (κ2) is 8.44. The summed E-state index contributed by atoms with van der Waals surface area (Å²) in [6, 6.07) is 9.05. The van der Waals surface area contributed by atoms with E-state index in [4.69, 9.17) is 21.7 Å². The molecule has 24 heavy (non-hydrogen) atoms. The van der Waals surface area contributed by atoms with Crippen molar-refractivity contribution in [2.75, 3.05) is 19.0 Å². The number of hydrogen-bond acceptors (Lipinski definition) is 3. The van der Waals surface area contributed by atoms with Crippen molar-refractivity contribution in [2.45, 2.75) is 13.5 Å². The van der Waals surface area contributed by atoms with Crippen LogP contribution in [0.2, 0.25) is 0 Å². The third-order valence-electron chi connectivity index (χ3n) is 3.16. The van der Waals surface area contributed by atoms with Crippen molar-refractivity contribution in [3.8, 4) is 11.5 Å². The fraction of sp³-hybridized carbons (Fsp3) is 0.235. The van der Waals surface area contributed by atoms with Crippen LogP contribution in [0.5, 0.6) is 11.5 Å². The van der Waals surface area contributed by atoms with Crippen LogP contribution >= 0.6 is 12.2 Å². The van der Waals surface area contributed by atoms with Crippen molar-refractivity contribution >= 4 is 23.0 Å². The summed E-state index contributed by atoms with van der Waals surface area (Å²) in [6.07, 6.45) is 0. The van der Waals surface area contributed by atoms with Crippen molar-refractivity contribution in [1.82, 2.24) is 5.32 Å². The number of nitrogens with one attached hydrogen (secondary N) is 2. The molecule has 0 unspecified atom stereocenters. The van der Waals surface area contributed by atoms with Crippen LogP contribution in [0.1, 0.15) is 12.5 Å². The molecule has 0 fully saturated rings. The largest absolute Gasteiger partial charge is 0.493 e. The molecule has 0 radical (unpaired) electrons. The molecule has 0 saturated carbocycles. The van der Waals surface area contributed by atoms with Gasteiger partial charge in [0.15, 0.2) is 28.2 Å². The summed E-state index contributed by atoms with van der Waals surface area (Å²) >= 11 is 5.15. The monoisotopic (exact) mass is 352 g/mol. The van der Waals surface area contributed by atoms with Gasteiger partial charge in [-0.05, 0) is 49.0 Å². The van der Waals surface area contributed by atoms with Gasteiger partial charge in [-0.3, -0.25) is 0 Å². The first-order valence-corrected chi connectivity index (χ1v) is 7.74. The van der Waals surface area contributed by atoms with Crippen LogP contribution < -0.4 is 20.1 Å². The Labute approximate surface area is 144 Å². The lowest BCUT2D eigenvalue weighted by Gasteiger charge is -2.13. The van der Waals surface area contributed by atoms with Crippen LogP contribution in [0.15, 0.2) is 36.4 Å². The molecule has 0 bridgehead atoms. The highest BCUT2D eigenvalue weighted by atomic mass is 32.1. The van der Waals surface area contributed by atoms with Crippen LogP contribution in [-0.2, 0) is 6.54 Å². The van der Waals surface area contributed by atoms with Gasteiger partial charge < -0.3 is 20.1 Å². The minimum absolute atomic E-state index is 0.301. The van der Waals surface area contributed by atoms with Crippen molar-refractivity contribution in [3.05, 3.63) is 53.6 Å². The number of methoxy groups -OCH3 is 1. The lowest BCUT2D eigenvalue weighted by molar-refractivity contribution is 0.310. The molecule has 0 amide bonds. The molecule has 0 spiro atoms. The summed E-state index contributed by atoms with van der Waals surface area (Å²) in [7, 11) is 1.58. The zero-order chi connectivity index (χ0) is 17.5. The lowest BCUT2D eigenvalue weighted by atomic mass is 10.2. The van der Waals surface area contributed by atoms with E-state index >= 15 is 0 Å². The highest BCUT2D eigenvalue weighted by Crippen LogP contribution is 2.28. The standard InChI is InChI=1S/C17H18F2N2O2S/c1-3-23-16-8-11(4-7-15(16)22-2)10-20-17(24)21-12-5-6-13(18)14(19)9-12/h4-9H,3,10H2,1-2H3,(H2,20,21,24). The van der Waals surface area contributed by atoms with E-state index in [9.17, 15) is 8.78 Å². The molecule has 0 aromatic heterocycles. The van der Waals surface area contributed by atoms with E-state index in [1.807, 2.05) is 25.1 Å². The van der Waals surface area contributed by atoms with E-state index in [0.29, 0.717) is 35.5 Å². The van der Waals surface area contributed by atoms with Gasteiger partial charge in [0.25, 0.3) is 0 Å². The van der Waals surface area contributed by atoms with E-state index < -0.39 is 11.6 Å². The van der Waals surface area contributed by atoms with E-state index in [1.54, 1.807) is 7.11 Å². The summed E-state index contributed by atoms with van der Waals surface area (Å²) in [4.78, 5) is 0. The Morgan fingerprint density at radius 3 is 2.54 bits per heavy atom. The first-order valence-electron chi connectivity index (χ1n) is 7.33. The van der Waals surface area contributed by atoms with Crippen LogP contribution in [0, 0.1) is 11.6 Å². The van der Waals surface area contributed by atoms with Gasteiger partial charge in [0.05, 0.1) is 13.7 Å². The fourth-order valence-corrected chi connectivity index (χ4v) is 2.22. The van der Waals surface area contributed by atoms with Gasteiger partial charge in [0.1, 0.15) is 0 Å². The molecule has 4 nitrogen and oxygen atoms in total. The van der Waals surface area contributed by atoms with E-state index in [1.165, 1.54) is 6.07 Å². The summed E-state index contributed by atoms with van der Waals surface area (Å²) in [6.45, 7) is 2.87. The Morgan fingerprint density at radius 1 is 1.08 bits per heavy atom. The topological polar surface area (TPSA) is 42.5 Å². The predicted molar refractivity (Wildman–Crippen MR) is 93.6 cm³/mol. The summed E-state index contributed by atoms with van der Waals surface area (Å²) in [5, 5.41) is 6.10. The second-order valence-corrected chi connectivity index (χ2v) is 5.26. The third-order valence-corrected chi connectivity index (χ3v) is 3.40. The molecule has 0 atom stereocenters. The maximum Gasteiger partial charge on any atom is 0.171 e. The average molecular weight is 352 g/mol. The molecule has 2 rings (SSSR count). The number of rotatable bonds is 6. The fourth-order valence-electron chi connectivity index (χ4n) is 2.03. The molecule has 2 N–H and O–H groups in total. The molecule has 2 aromatic rings. The minimum atomic E-state index is -0.931. The van der Waals surface area contributed by atoms with Gasteiger partial charge in [0, 0.05) is 18.3 Å². The zero-order valence-corrected chi connectivity index (χ0v) is 14.2. The van der Waals surface area contributed by atoms with Gasteiger partial charge in [-0.1, -0.05) is 6.07 Å². The molecule has 7 heteroatoms. The van der Waals surface area contributed by atoms with Crippen LogP contribution in [-0.4, -0.2) is 18.8 Å². The first-order chi connectivity index (χ1) is 11.5. The Hall–Kier alpha value is -2.41. The van der Waals surface area contributed by atoms with Gasteiger partial charge >= 0.3 is 0 Å². The van der Waals surface area contributed by atoms with Crippen molar-refractivity contribution in [1.29, 1.82) is 0 Å². The van der Waals surface area contributed by atoms with Crippen LogP contribution in [0.4, 0.5) is 14.5 Å². The molecule has 0 aliphatic rings. The van der Waals surface area contributed by atoms with Crippen molar-refractivity contribution < 1.29 is 18.3 Å². The molecular weight excluding hydrogens is 334 g/mol. The summed E-state index contributed by atoms with van der Waals surface area (Å²) < 4.78 is 36.8. The smallest absolute Gasteiger partial charge is 0.171 e. The van der Waals surface area contributed by atoms with Crippen molar-refractivity contribution in [3.63, 3.8) is 0 Å². The number of benzene rings is 2. The second-order valence-electron chi connectivity index (χ2n) is 4.85. The Bertz CT molecular complexity index is 726. The molecular formula is C17H18F2N2O2S. The van der Waals surface area contributed by atoms with Crippen LogP contribution in [0.25, 0.3) is 0 Å². The quantitative estimate of drug-likeness (QED) is 0.773. The van der Waals surface area contributed by atoms with Gasteiger partial charge in [-0.15, -0.1) is 0 Å². The number of hydrogen-bond donors (Lipinski definition) is 2. The normalized spacial score (nSPS) is 10.2. The van der Waals surface area contributed by atoms with E-state index in [2.05, 4.69) is 10.6 Å². The minimum Gasteiger partial charge on any atom is -0.493 e. The Morgan fingerprint density at radius 2 is 1.88 bits per heavy atom. The molecule has 0 heterocycles. The molecule has 0 saturated heterocycles. The maximum atomic E-state index is 13.2. The Kier molecular flexibility index (Phi) is 6.31. The molecule has 0 aliphatic heterocycles.